The van der Waals surface area contributed by atoms with Gasteiger partial charge in [-0.1, -0.05) is 91.3 Å². The smallest absolute Gasteiger partial charge is 0.142 e. The number of nitrogens with zero attached hydrogens (tertiary/aromatic N) is 3. The number of rotatable bonds is 5. The summed E-state index contributed by atoms with van der Waals surface area (Å²) in [6.07, 6.45) is 1.14. The van der Waals surface area contributed by atoms with E-state index in [-0.39, 0.29) is 0 Å². The SMILES string of the molecule is CCc1ccccc1.COc1ccccc1N(C)C.Cc1ccc(C)c(N(C)C)c1.Cc1ccc(N(C)C)cc1.Cc1cccc(N)c1. The van der Waals surface area contributed by atoms with Gasteiger partial charge in [0.05, 0.1) is 12.8 Å². The number of para-hydroxylation sites is 2. The fraction of sp³-hybridized carbons (Fsp3) is 0.302. The highest BCUT2D eigenvalue weighted by Gasteiger charge is 2.01. The molecule has 0 fully saturated rings. The van der Waals surface area contributed by atoms with E-state index in [1.165, 1.54) is 39.2 Å². The molecule has 5 nitrogen and oxygen atoms in total. The Kier molecular flexibility index (Phi) is 19.4. The van der Waals surface area contributed by atoms with Crippen molar-refractivity contribution in [3.63, 3.8) is 0 Å². The second kappa shape index (κ2) is 22.6. The molecule has 0 unspecified atom stereocenters. The van der Waals surface area contributed by atoms with Gasteiger partial charge < -0.3 is 25.2 Å². The van der Waals surface area contributed by atoms with Crippen molar-refractivity contribution in [1.82, 2.24) is 0 Å². The summed E-state index contributed by atoms with van der Waals surface area (Å²) in [6, 6.07) is 41.2. The second-order valence-corrected chi connectivity index (χ2v) is 12.2. The number of anilines is 4. The van der Waals surface area contributed by atoms with E-state index in [0.29, 0.717) is 0 Å². The van der Waals surface area contributed by atoms with Gasteiger partial charge in [0.2, 0.25) is 0 Å². The van der Waals surface area contributed by atoms with Crippen LogP contribution in [0.5, 0.6) is 5.75 Å². The van der Waals surface area contributed by atoms with Crippen molar-refractivity contribution in [2.45, 2.75) is 41.0 Å². The molecule has 0 bridgehead atoms. The minimum Gasteiger partial charge on any atom is -0.495 e. The molecule has 5 heteroatoms. The molecule has 0 aliphatic rings. The molecule has 0 aromatic heterocycles. The average Bonchev–Trinajstić information content (AvgIpc) is 3.07. The van der Waals surface area contributed by atoms with Crippen molar-refractivity contribution in [2.75, 3.05) is 69.8 Å². The summed E-state index contributed by atoms with van der Waals surface area (Å²) in [7, 11) is 13.9. The van der Waals surface area contributed by atoms with E-state index in [9.17, 15) is 0 Å². The molecule has 0 saturated heterocycles. The lowest BCUT2D eigenvalue weighted by Gasteiger charge is -2.15. The minimum atomic E-state index is 0.838. The van der Waals surface area contributed by atoms with Crippen LogP contribution in [0.3, 0.4) is 0 Å². The van der Waals surface area contributed by atoms with Gasteiger partial charge in [-0.15, -0.1) is 0 Å². The van der Waals surface area contributed by atoms with Crippen LogP contribution in [-0.4, -0.2) is 49.4 Å². The number of methoxy groups -OCH3 is 1. The van der Waals surface area contributed by atoms with Gasteiger partial charge in [0.15, 0.2) is 0 Å². The average molecular weight is 649 g/mol. The van der Waals surface area contributed by atoms with Crippen LogP contribution in [0.2, 0.25) is 0 Å². The summed E-state index contributed by atoms with van der Waals surface area (Å²) in [4.78, 5) is 6.26. The van der Waals surface area contributed by atoms with E-state index in [2.05, 4.69) is 118 Å². The topological polar surface area (TPSA) is 45.0 Å². The van der Waals surface area contributed by atoms with Crippen LogP contribution in [0.15, 0.2) is 121 Å². The summed E-state index contributed by atoms with van der Waals surface area (Å²) >= 11 is 0. The minimum absolute atomic E-state index is 0.838. The third kappa shape index (κ3) is 16.6. The lowest BCUT2D eigenvalue weighted by atomic mass is 10.1. The quantitative estimate of drug-likeness (QED) is 0.192. The Morgan fingerprint density at radius 2 is 1.06 bits per heavy atom. The first-order chi connectivity index (χ1) is 22.8. The Hall–Kier alpha value is -4.90. The Labute approximate surface area is 292 Å². The third-order valence-corrected chi connectivity index (χ3v) is 7.26. The highest BCUT2D eigenvalue weighted by Crippen LogP contribution is 2.25. The van der Waals surface area contributed by atoms with Crippen molar-refractivity contribution in [1.29, 1.82) is 0 Å². The lowest BCUT2D eigenvalue weighted by molar-refractivity contribution is 0.415. The van der Waals surface area contributed by atoms with Crippen LogP contribution in [0.4, 0.5) is 22.7 Å². The van der Waals surface area contributed by atoms with Crippen LogP contribution in [-0.2, 0) is 6.42 Å². The first kappa shape index (κ1) is 41.1. The molecular formula is C43H60N4O. The predicted molar refractivity (Wildman–Crippen MR) is 214 cm³/mol. The second-order valence-electron chi connectivity index (χ2n) is 12.2. The van der Waals surface area contributed by atoms with E-state index >= 15 is 0 Å². The van der Waals surface area contributed by atoms with Gasteiger partial charge in [0, 0.05) is 59.3 Å². The molecule has 0 amide bonds. The molecule has 258 valence electrons. The van der Waals surface area contributed by atoms with Crippen LogP contribution in [0.1, 0.15) is 34.7 Å². The summed E-state index contributed by atoms with van der Waals surface area (Å²) in [5.41, 5.74) is 16.6. The van der Waals surface area contributed by atoms with E-state index in [1.54, 1.807) is 7.11 Å². The Balaban J connectivity index is 0.000000302. The molecule has 5 aromatic carbocycles. The molecule has 0 saturated carbocycles. The first-order valence-electron chi connectivity index (χ1n) is 16.4. The number of hydrogen-bond donors (Lipinski definition) is 1. The van der Waals surface area contributed by atoms with Crippen LogP contribution in [0.25, 0.3) is 0 Å². The van der Waals surface area contributed by atoms with Crippen LogP contribution in [0, 0.1) is 27.7 Å². The van der Waals surface area contributed by atoms with Gasteiger partial charge in [-0.2, -0.15) is 0 Å². The number of hydrogen-bond acceptors (Lipinski definition) is 5. The molecule has 2 N–H and O–H groups in total. The zero-order chi connectivity index (χ0) is 36.1. The van der Waals surface area contributed by atoms with E-state index < -0.39 is 0 Å². The number of benzene rings is 5. The van der Waals surface area contributed by atoms with E-state index in [1.807, 2.05) is 94.6 Å². The van der Waals surface area contributed by atoms with Crippen LogP contribution < -0.4 is 25.2 Å². The molecule has 0 radical (unpaired) electrons. The molecule has 0 spiro atoms. The molecule has 0 atom stereocenters. The number of nitrogen functional groups attached to an aromatic ring is 1. The molecule has 0 heterocycles. The Morgan fingerprint density at radius 3 is 1.48 bits per heavy atom. The Bertz CT molecular complexity index is 1540. The summed E-state index contributed by atoms with van der Waals surface area (Å²) in [6.45, 7) is 10.5. The largest absolute Gasteiger partial charge is 0.495 e. The third-order valence-electron chi connectivity index (χ3n) is 7.26. The van der Waals surface area contributed by atoms with Crippen molar-refractivity contribution in [3.05, 3.63) is 149 Å². The maximum absolute atomic E-state index is 5.46. The molecule has 5 aromatic rings. The highest BCUT2D eigenvalue weighted by molar-refractivity contribution is 5.57. The molecule has 0 aliphatic carbocycles. The molecule has 5 rings (SSSR count). The maximum atomic E-state index is 5.46. The fourth-order valence-electron chi connectivity index (χ4n) is 4.43. The van der Waals surface area contributed by atoms with Crippen molar-refractivity contribution >= 4 is 22.7 Å². The number of ether oxygens (including phenoxy) is 1. The molecule has 0 aliphatic heterocycles. The number of nitrogens with two attached hydrogens (primary N) is 1. The highest BCUT2D eigenvalue weighted by atomic mass is 16.5. The van der Waals surface area contributed by atoms with Gasteiger partial charge in [-0.3, -0.25) is 0 Å². The monoisotopic (exact) mass is 648 g/mol. The van der Waals surface area contributed by atoms with Gasteiger partial charge in [0.1, 0.15) is 5.75 Å². The zero-order valence-corrected chi connectivity index (χ0v) is 31.6. The normalized spacial score (nSPS) is 9.42. The van der Waals surface area contributed by atoms with Crippen molar-refractivity contribution in [2.24, 2.45) is 0 Å². The van der Waals surface area contributed by atoms with E-state index in [4.69, 9.17) is 10.5 Å². The summed E-state index contributed by atoms with van der Waals surface area (Å²) in [5, 5.41) is 0. The van der Waals surface area contributed by atoms with Crippen LogP contribution >= 0.6 is 0 Å². The maximum Gasteiger partial charge on any atom is 0.142 e. The summed E-state index contributed by atoms with van der Waals surface area (Å²) < 4.78 is 5.16. The van der Waals surface area contributed by atoms with Gasteiger partial charge in [0.25, 0.3) is 0 Å². The van der Waals surface area contributed by atoms with E-state index in [0.717, 1.165) is 23.5 Å². The van der Waals surface area contributed by atoms with Gasteiger partial charge in [-0.25, -0.2) is 0 Å². The standard InChI is InChI=1S/C10H15N.C9H13NO.C9H13N.C8H10.C7H9N/c1-8-5-6-9(2)10(7-8)11(3)4;1-10(2)8-6-4-5-7-9(8)11-3;1-8-4-6-9(7-5-8)10(2)3;1-2-8-6-4-3-5-7-8;1-6-3-2-4-7(8)5-6/h5-7H,1-4H3;4-7H,1-3H3;4-7H,1-3H3;3-7H,2H2,1H3;2-5H,8H2,1H3. The number of aryl methyl sites for hydroxylation is 5. The first-order valence-corrected chi connectivity index (χ1v) is 16.4. The predicted octanol–water partition coefficient (Wildman–Crippen LogP) is 10.0. The Morgan fingerprint density at radius 1 is 0.521 bits per heavy atom. The molecular weight excluding hydrogens is 589 g/mol. The zero-order valence-electron chi connectivity index (χ0n) is 31.6. The summed E-state index contributed by atoms with van der Waals surface area (Å²) in [5.74, 6) is 0.914. The van der Waals surface area contributed by atoms with Crippen molar-refractivity contribution in [3.8, 4) is 5.75 Å². The van der Waals surface area contributed by atoms with Crippen molar-refractivity contribution < 1.29 is 4.74 Å². The van der Waals surface area contributed by atoms with Gasteiger partial charge in [-0.05, 0) is 98.8 Å². The molecule has 48 heavy (non-hydrogen) atoms. The lowest BCUT2D eigenvalue weighted by Crippen LogP contribution is -2.10. The van der Waals surface area contributed by atoms with Gasteiger partial charge >= 0.3 is 0 Å². The fourth-order valence-corrected chi connectivity index (χ4v) is 4.43.